The molecule has 0 spiro atoms. The summed E-state index contributed by atoms with van der Waals surface area (Å²) in [4.78, 5) is 4.28. The molecule has 1 saturated carbocycles. The monoisotopic (exact) mass is 355 g/mol. The second kappa shape index (κ2) is 7.83. The maximum atomic E-state index is 5.75. The zero-order chi connectivity index (χ0) is 17.7. The molecule has 25 heavy (non-hydrogen) atoms. The first-order valence-corrected chi connectivity index (χ1v) is 9.25. The molecule has 2 N–H and O–H groups in total. The summed E-state index contributed by atoms with van der Waals surface area (Å²) < 4.78 is 5.75. The highest BCUT2D eigenvalue weighted by atomic mass is 32.1. The van der Waals surface area contributed by atoms with Crippen molar-refractivity contribution in [1.29, 1.82) is 0 Å². The van der Waals surface area contributed by atoms with Crippen LogP contribution >= 0.6 is 12.2 Å². The molecule has 1 aliphatic carbocycles. The number of anilines is 1. The van der Waals surface area contributed by atoms with Crippen molar-refractivity contribution in [3.8, 4) is 5.75 Å². The molecule has 0 amide bonds. The Morgan fingerprint density at radius 2 is 2.00 bits per heavy atom. The molecular weight excluding hydrogens is 330 g/mol. The van der Waals surface area contributed by atoms with Gasteiger partial charge in [0.1, 0.15) is 5.75 Å². The van der Waals surface area contributed by atoms with Crippen molar-refractivity contribution in [3.63, 3.8) is 0 Å². The SMILES string of the molecule is CC(C)Oc1cccc(NC(=S)NC2(c3cccnc3)CCCC2)c1. The van der Waals surface area contributed by atoms with Crippen molar-refractivity contribution in [2.45, 2.75) is 51.2 Å². The molecule has 0 saturated heterocycles. The van der Waals surface area contributed by atoms with E-state index >= 15 is 0 Å². The molecule has 0 radical (unpaired) electrons. The number of benzene rings is 1. The van der Waals surface area contributed by atoms with Crippen molar-refractivity contribution < 1.29 is 4.74 Å². The summed E-state index contributed by atoms with van der Waals surface area (Å²) >= 11 is 5.59. The first-order chi connectivity index (χ1) is 12.1. The molecule has 1 fully saturated rings. The summed E-state index contributed by atoms with van der Waals surface area (Å²) in [6, 6.07) is 12.0. The van der Waals surface area contributed by atoms with Gasteiger partial charge >= 0.3 is 0 Å². The van der Waals surface area contributed by atoms with Crippen molar-refractivity contribution in [3.05, 3.63) is 54.4 Å². The molecule has 2 aromatic rings. The lowest BCUT2D eigenvalue weighted by molar-refractivity contribution is 0.242. The quantitative estimate of drug-likeness (QED) is 0.766. The van der Waals surface area contributed by atoms with Crippen molar-refractivity contribution in [2.75, 3.05) is 5.32 Å². The van der Waals surface area contributed by atoms with Gasteiger partial charge in [-0.25, -0.2) is 0 Å². The number of nitrogens with one attached hydrogen (secondary N) is 2. The van der Waals surface area contributed by atoms with Gasteiger partial charge in [0.2, 0.25) is 0 Å². The molecule has 3 rings (SSSR count). The standard InChI is InChI=1S/C20H25N3OS/c1-15(2)24-18-9-5-8-17(13-18)22-19(25)23-20(10-3-4-11-20)16-7-6-12-21-14-16/h5-9,12-15H,3-4,10-11H2,1-2H3,(H2,22,23,25). The second-order valence-electron chi connectivity index (χ2n) is 6.80. The average molecular weight is 356 g/mol. The Kier molecular flexibility index (Phi) is 5.53. The van der Waals surface area contributed by atoms with Crippen molar-refractivity contribution >= 4 is 23.0 Å². The number of nitrogens with zero attached hydrogens (tertiary/aromatic N) is 1. The van der Waals surface area contributed by atoms with Crippen LogP contribution in [-0.2, 0) is 5.54 Å². The van der Waals surface area contributed by atoms with Gasteiger partial charge in [-0.05, 0) is 62.7 Å². The molecule has 0 unspecified atom stereocenters. The van der Waals surface area contributed by atoms with E-state index in [0.717, 1.165) is 24.3 Å². The van der Waals surface area contributed by atoms with E-state index in [1.807, 2.05) is 56.6 Å². The van der Waals surface area contributed by atoms with Crippen LogP contribution in [0.4, 0.5) is 5.69 Å². The third-order valence-corrected chi connectivity index (χ3v) is 4.69. The summed E-state index contributed by atoms with van der Waals surface area (Å²) in [5.41, 5.74) is 2.01. The van der Waals surface area contributed by atoms with Crippen LogP contribution in [0, 0.1) is 0 Å². The topological polar surface area (TPSA) is 46.2 Å². The van der Waals surface area contributed by atoms with E-state index < -0.39 is 0 Å². The molecule has 0 aliphatic heterocycles. The van der Waals surface area contributed by atoms with Crippen LogP contribution in [0.1, 0.15) is 45.1 Å². The average Bonchev–Trinajstić information content (AvgIpc) is 3.05. The molecule has 1 aliphatic rings. The fraction of sp³-hybridized carbons (Fsp3) is 0.400. The molecule has 5 heteroatoms. The second-order valence-corrected chi connectivity index (χ2v) is 7.21. The van der Waals surface area contributed by atoms with Gasteiger partial charge in [0.15, 0.2) is 5.11 Å². The van der Waals surface area contributed by atoms with Gasteiger partial charge in [-0.3, -0.25) is 4.98 Å². The van der Waals surface area contributed by atoms with E-state index in [9.17, 15) is 0 Å². The molecule has 132 valence electrons. The number of pyridine rings is 1. The molecule has 1 aromatic carbocycles. The Balaban J connectivity index is 1.71. The number of hydrogen-bond acceptors (Lipinski definition) is 3. The van der Waals surface area contributed by atoms with E-state index in [1.54, 1.807) is 0 Å². The number of rotatable bonds is 5. The lowest BCUT2D eigenvalue weighted by Gasteiger charge is -2.32. The lowest BCUT2D eigenvalue weighted by Crippen LogP contribution is -2.45. The number of aromatic nitrogens is 1. The van der Waals surface area contributed by atoms with E-state index in [2.05, 4.69) is 21.7 Å². The minimum atomic E-state index is -0.121. The zero-order valence-corrected chi connectivity index (χ0v) is 15.6. The normalized spacial score (nSPS) is 15.8. The fourth-order valence-electron chi connectivity index (χ4n) is 3.41. The van der Waals surface area contributed by atoms with Gasteiger partial charge in [0.25, 0.3) is 0 Å². The van der Waals surface area contributed by atoms with Gasteiger partial charge in [-0.1, -0.05) is 25.0 Å². The van der Waals surface area contributed by atoms with E-state index in [4.69, 9.17) is 17.0 Å². The van der Waals surface area contributed by atoms with Crippen molar-refractivity contribution in [2.24, 2.45) is 0 Å². The minimum absolute atomic E-state index is 0.121. The van der Waals surface area contributed by atoms with Gasteiger partial charge in [-0.15, -0.1) is 0 Å². The number of thiocarbonyl (C=S) groups is 1. The third kappa shape index (κ3) is 4.48. The Hall–Kier alpha value is -2.14. The Morgan fingerprint density at radius 3 is 2.68 bits per heavy atom. The van der Waals surface area contributed by atoms with Gasteiger partial charge in [0.05, 0.1) is 11.6 Å². The van der Waals surface area contributed by atoms with E-state index in [1.165, 1.54) is 18.4 Å². The van der Waals surface area contributed by atoms with Crippen LogP contribution in [0.3, 0.4) is 0 Å². The van der Waals surface area contributed by atoms with Crippen LogP contribution in [0.2, 0.25) is 0 Å². The maximum Gasteiger partial charge on any atom is 0.171 e. The third-order valence-electron chi connectivity index (χ3n) is 4.49. The molecule has 0 atom stereocenters. The predicted molar refractivity (Wildman–Crippen MR) is 106 cm³/mol. The van der Waals surface area contributed by atoms with Crippen LogP contribution in [0.5, 0.6) is 5.75 Å². The van der Waals surface area contributed by atoms with E-state index in [-0.39, 0.29) is 11.6 Å². The lowest BCUT2D eigenvalue weighted by atomic mass is 9.89. The molecule has 1 heterocycles. The Bertz CT molecular complexity index is 712. The largest absolute Gasteiger partial charge is 0.491 e. The summed E-state index contributed by atoms with van der Waals surface area (Å²) in [5.74, 6) is 0.839. The van der Waals surface area contributed by atoms with Gasteiger partial charge in [0, 0.05) is 24.1 Å². The first-order valence-electron chi connectivity index (χ1n) is 8.84. The molecular formula is C20H25N3OS. The summed E-state index contributed by atoms with van der Waals surface area (Å²) in [6.07, 6.45) is 8.42. The molecule has 4 nitrogen and oxygen atoms in total. The number of hydrogen-bond donors (Lipinski definition) is 2. The van der Waals surface area contributed by atoms with Crippen molar-refractivity contribution in [1.82, 2.24) is 10.3 Å². The van der Waals surface area contributed by atoms with Gasteiger partial charge < -0.3 is 15.4 Å². The first kappa shape index (κ1) is 17.7. The summed E-state index contributed by atoms with van der Waals surface area (Å²) in [5, 5.41) is 7.49. The molecule has 1 aromatic heterocycles. The van der Waals surface area contributed by atoms with E-state index in [0.29, 0.717) is 5.11 Å². The van der Waals surface area contributed by atoms with Crippen LogP contribution in [-0.4, -0.2) is 16.2 Å². The van der Waals surface area contributed by atoms with Crippen LogP contribution in [0.25, 0.3) is 0 Å². The van der Waals surface area contributed by atoms with Gasteiger partial charge in [-0.2, -0.15) is 0 Å². The minimum Gasteiger partial charge on any atom is -0.491 e. The summed E-state index contributed by atoms with van der Waals surface area (Å²) in [6.45, 7) is 4.04. The Morgan fingerprint density at radius 1 is 1.20 bits per heavy atom. The Labute approximate surface area is 155 Å². The maximum absolute atomic E-state index is 5.75. The summed E-state index contributed by atoms with van der Waals surface area (Å²) in [7, 11) is 0. The van der Waals surface area contributed by atoms with Crippen LogP contribution in [0.15, 0.2) is 48.8 Å². The predicted octanol–water partition coefficient (Wildman–Crippen LogP) is 4.62. The zero-order valence-electron chi connectivity index (χ0n) is 14.8. The highest BCUT2D eigenvalue weighted by Crippen LogP contribution is 2.38. The van der Waals surface area contributed by atoms with Crippen LogP contribution < -0.4 is 15.4 Å². The number of ether oxygens (including phenoxy) is 1. The molecule has 0 bridgehead atoms. The smallest absolute Gasteiger partial charge is 0.171 e. The highest BCUT2D eigenvalue weighted by Gasteiger charge is 2.36. The fourth-order valence-corrected chi connectivity index (χ4v) is 3.72. The highest BCUT2D eigenvalue weighted by molar-refractivity contribution is 7.80.